The van der Waals surface area contributed by atoms with Crippen molar-refractivity contribution < 1.29 is 4.79 Å². The van der Waals surface area contributed by atoms with Crippen LogP contribution in [-0.2, 0) is 11.3 Å². The molecule has 0 bridgehead atoms. The number of hydrogen-bond donors (Lipinski definition) is 0. The summed E-state index contributed by atoms with van der Waals surface area (Å²) in [6, 6.07) is 3.80. The van der Waals surface area contributed by atoms with E-state index in [1.165, 1.54) is 25.7 Å². The second-order valence-electron chi connectivity index (χ2n) is 7.36. The van der Waals surface area contributed by atoms with Gasteiger partial charge in [-0.3, -0.25) is 9.69 Å². The lowest BCUT2D eigenvalue weighted by Gasteiger charge is -2.34. The zero-order valence-electron chi connectivity index (χ0n) is 14.5. The Morgan fingerprint density at radius 2 is 1.88 bits per heavy atom. The van der Waals surface area contributed by atoms with Crippen LogP contribution in [0, 0.1) is 5.92 Å². The van der Waals surface area contributed by atoms with Crippen molar-refractivity contribution in [3.05, 3.63) is 35.2 Å². The molecular weight excluding hydrogens is 336 g/mol. The van der Waals surface area contributed by atoms with Gasteiger partial charge in [0, 0.05) is 51.5 Å². The zero-order valence-corrected chi connectivity index (χ0v) is 15.3. The van der Waals surface area contributed by atoms with Crippen LogP contribution < -0.4 is 0 Å². The maximum absolute atomic E-state index is 12.4. The van der Waals surface area contributed by atoms with Crippen LogP contribution in [0.3, 0.4) is 0 Å². The maximum Gasteiger partial charge on any atom is 0.222 e. The van der Waals surface area contributed by atoms with Gasteiger partial charge in [0.25, 0.3) is 0 Å². The summed E-state index contributed by atoms with van der Waals surface area (Å²) >= 11 is 6.03. The van der Waals surface area contributed by atoms with Crippen molar-refractivity contribution >= 4 is 23.2 Å². The van der Waals surface area contributed by atoms with Crippen molar-refractivity contribution in [3.63, 3.8) is 0 Å². The molecule has 25 heavy (non-hydrogen) atoms. The number of carbonyl (C=O) groups excluding carboxylic acids is 1. The molecule has 0 N–H and O–H groups in total. The first kappa shape index (κ1) is 16.9. The molecule has 2 aromatic heterocycles. The Balaban J connectivity index is 1.29. The van der Waals surface area contributed by atoms with E-state index in [4.69, 9.17) is 11.6 Å². The summed E-state index contributed by atoms with van der Waals surface area (Å²) in [4.78, 5) is 21.5. The molecule has 1 saturated carbocycles. The Morgan fingerprint density at radius 3 is 2.64 bits per heavy atom. The van der Waals surface area contributed by atoms with E-state index in [0.29, 0.717) is 16.8 Å². The molecule has 3 heterocycles. The van der Waals surface area contributed by atoms with Gasteiger partial charge in [0.15, 0.2) is 0 Å². The molecular formula is C19H25ClN4O. The van der Waals surface area contributed by atoms with Gasteiger partial charge in [-0.1, -0.05) is 24.4 Å². The third-order valence-electron chi connectivity index (χ3n) is 5.51. The lowest BCUT2D eigenvalue weighted by Crippen LogP contribution is -2.48. The zero-order chi connectivity index (χ0) is 17.2. The minimum absolute atomic E-state index is 0.355. The van der Waals surface area contributed by atoms with Crippen molar-refractivity contribution in [1.82, 2.24) is 19.2 Å². The van der Waals surface area contributed by atoms with Crippen molar-refractivity contribution in [2.24, 2.45) is 5.92 Å². The molecule has 0 unspecified atom stereocenters. The highest BCUT2D eigenvalue weighted by Crippen LogP contribution is 2.28. The number of rotatable bonds is 4. The van der Waals surface area contributed by atoms with Crippen molar-refractivity contribution in [1.29, 1.82) is 0 Å². The van der Waals surface area contributed by atoms with Gasteiger partial charge >= 0.3 is 0 Å². The molecule has 134 valence electrons. The number of amides is 1. The normalized spacial score (nSPS) is 19.8. The Labute approximate surface area is 153 Å². The smallest absolute Gasteiger partial charge is 0.222 e. The molecule has 4 rings (SSSR count). The molecule has 0 aromatic carbocycles. The lowest BCUT2D eigenvalue weighted by atomic mass is 10.0. The number of nitrogens with zero attached hydrogens (tertiary/aromatic N) is 4. The summed E-state index contributed by atoms with van der Waals surface area (Å²) in [5, 5.41) is 0.714. The van der Waals surface area contributed by atoms with Crippen LogP contribution in [0.15, 0.2) is 24.5 Å². The van der Waals surface area contributed by atoms with Crippen molar-refractivity contribution in [2.75, 3.05) is 26.2 Å². The topological polar surface area (TPSA) is 40.9 Å². The highest BCUT2D eigenvalue weighted by Gasteiger charge is 2.25. The first-order valence-electron chi connectivity index (χ1n) is 9.30. The van der Waals surface area contributed by atoms with Gasteiger partial charge in [0.05, 0.1) is 10.7 Å². The van der Waals surface area contributed by atoms with Crippen LogP contribution in [-0.4, -0.2) is 51.3 Å². The van der Waals surface area contributed by atoms with E-state index in [1.54, 1.807) is 0 Å². The number of imidazole rings is 1. The molecule has 2 aliphatic rings. The molecule has 1 aliphatic heterocycles. The van der Waals surface area contributed by atoms with Gasteiger partial charge in [0.1, 0.15) is 5.65 Å². The fourth-order valence-electron chi connectivity index (χ4n) is 4.07. The van der Waals surface area contributed by atoms with Gasteiger partial charge in [-0.15, -0.1) is 0 Å². The molecule has 2 aromatic rings. The van der Waals surface area contributed by atoms with Gasteiger partial charge in [-0.2, -0.15) is 0 Å². The lowest BCUT2D eigenvalue weighted by molar-refractivity contribution is -0.134. The Hall–Kier alpha value is -1.59. The van der Waals surface area contributed by atoms with Crippen LogP contribution in [0.1, 0.15) is 37.8 Å². The molecule has 5 nitrogen and oxygen atoms in total. The van der Waals surface area contributed by atoms with Crippen LogP contribution in [0.25, 0.3) is 5.65 Å². The highest BCUT2D eigenvalue weighted by atomic mass is 35.5. The third kappa shape index (κ3) is 3.98. The monoisotopic (exact) mass is 360 g/mol. The molecule has 0 spiro atoms. The summed E-state index contributed by atoms with van der Waals surface area (Å²) < 4.78 is 1.97. The predicted octanol–water partition coefficient (Wildman–Crippen LogP) is 3.21. The minimum Gasteiger partial charge on any atom is -0.340 e. The number of fused-ring (bicyclic) bond motifs is 1. The fraction of sp³-hybridized carbons (Fsp3) is 0.579. The Bertz CT molecular complexity index is 745. The number of pyridine rings is 1. The molecule has 6 heteroatoms. The summed E-state index contributed by atoms with van der Waals surface area (Å²) in [5.41, 5.74) is 1.97. The average molecular weight is 361 g/mol. The number of aromatic nitrogens is 2. The van der Waals surface area contributed by atoms with E-state index in [0.717, 1.165) is 50.5 Å². The molecule has 1 aliphatic carbocycles. The quantitative estimate of drug-likeness (QED) is 0.840. The van der Waals surface area contributed by atoms with E-state index in [-0.39, 0.29) is 0 Å². The van der Waals surface area contributed by atoms with Crippen LogP contribution in [0.5, 0.6) is 0 Å². The van der Waals surface area contributed by atoms with Crippen molar-refractivity contribution in [2.45, 2.75) is 38.6 Å². The molecule has 0 atom stereocenters. The largest absolute Gasteiger partial charge is 0.340 e. The second-order valence-corrected chi connectivity index (χ2v) is 7.79. The molecule has 1 saturated heterocycles. The highest BCUT2D eigenvalue weighted by molar-refractivity contribution is 6.30. The number of piperazine rings is 1. The first-order valence-corrected chi connectivity index (χ1v) is 9.68. The van der Waals surface area contributed by atoms with E-state index < -0.39 is 0 Å². The van der Waals surface area contributed by atoms with Gasteiger partial charge < -0.3 is 9.30 Å². The summed E-state index contributed by atoms with van der Waals surface area (Å²) in [7, 11) is 0. The van der Waals surface area contributed by atoms with E-state index in [9.17, 15) is 4.79 Å². The molecule has 2 fully saturated rings. The van der Waals surface area contributed by atoms with Crippen molar-refractivity contribution in [3.8, 4) is 0 Å². The van der Waals surface area contributed by atoms with E-state index >= 15 is 0 Å². The average Bonchev–Trinajstić information content (AvgIpc) is 3.24. The second kappa shape index (κ2) is 7.34. The summed E-state index contributed by atoms with van der Waals surface area (Å²) in [6.07, 6.45) is 9.76. The van der Waals surface area contributed by atoms with Crippen LogP contribution >= 0.6 is 11.6 Å². The number of carbonyl (C=O) groups is 1. The van der Waals surface area contributed by atoms with Crippen LogP contribution in [0.4, 0.5) is 0 Å². The first-order chi connectivity index (χ1) is 12.2. The minimum atomic E-state index is 0.355. The molecule has 0 radical (unpaired) electrons. The molecule has 1 amide bonds. The van der Waals surface area contributed by atoms with E-state index in [2.05, 4.69) is 14.8 Å². The van der Waals surface area contributed by atoms with Crippen LogP contribution in [0.2, 0.25) is 5.02 Å². The standard InChI is InChI=1S/C19H25ClN4O/c20-16-5-6-18-21-17(14-24(18)12-16)13-22-7-9-23(10-8-22)19(25)11-15-3-1-2-4-15/h5-6,12,14-15H,1-4,7-11,13H2. The summed E-state index contributed by atoms with van der Waals surface area (Å²) in [5.74, 6) is 0.990. The number of halogens is 1. The van der Waals surface area contributed by atoms with Gasteiger partial charge in [-0.05, 0) is 30.9 Å². The Morgan fingerprint density at radius 1 is 1.12 bits per heavy atom. The summed E-state index contributed by atoms with van der Waals surface area (Å²) in [6.45, 7) is 4.34. The SMILES string of the molecule is O=C(CC1CCCC1)N1CCN(Cc2cn3cc(Cl)ccc3n2)CC1. The third-order valence-corrected chi connectivity index (χ3v) is 5.74. The fourth-order valence-corrected chi connectivity index (χ4v) is 4.24. The Kier molecular flexibility index (Phi) is 4.95. The van der Waals surface area contributed by atoms with E-state index in [1.807, 2.05) is 28.9 Å². The number of hydrogen-bond acceptors (Lipinski definition) is 3. The predicted molar refractivity (Wildman–Crippen MR) is 98.6 cm³/mol. The maximum atomic E-state index is 12.4. The van der Waals surface area contributed by atoms with Gasteiger partial charge in [-0.25, -0.2) is 4.98 Å². The van der Waals surface area contributed by atoms with Gasteiger partial charge in [0.2, 0.25) is 5.91 Å².